The first-order valence-corrected chi connectivity index (χ1v) is 21.6. The number of aromatic nitrogens is 1. The summed E-state index contributed by atoms with van der Waals surface area (Å²) in [6.07, 6.45) is 0.223. The summed E-state index contributed by atoms with van der Waals surface area (Å²) in [4.78, 5) is 127. The normalized spacial score (nSPS) is 27.5. The quantitative estimate of drug-likeness (QED) is 0.141. The van der Waals surface area contributed by atoms with Crippen LogP contribution in [-0.2, 0) is 60.4 Å². The summed E-state index contributed by atoms with van der Waals surface area (Å²) >= 11 is 0. The molecule has 4 heterocycles. The van der Waals surface area contributed by atoms with E-state index in [0.717, 1.165) is 0 Å². The van der Waals surface area contributed by atoms with Gasteiger partial charge in [-0.05, 0) is 42.4 Å². The van der Waals surface area contributed by atoms with Crippen LogP contribution in [0.15, 0.2) is 23.2 Å². The molecule has 0 aliphatic carbocycles. The molecule has 0 spiro atoms. The Labute approximate surface area is 353 Å². The van der Waals surface area contributed by atoms with E-state index in [1.165, 1.54) is 23.1 Å². The molecule has 3 aliphatic heterocycles. The second-order valence-electron chi connectivity index (χ2n) is 15.7. The number of nitrogens with two attached hydrogens (primary N) is 1. The Bertz CT molecular complexity index is 2110. The molecule has 2 bridgehead atoms. The molecular weight excluding hydrogens is 817 g/mol. The van der Waals surface area contributed by atoms with Gasteiger partial charge in [-0.25, -0.2) is 0 Å². The first-order valence-electron chi connectivity index (χ1n) is 20.3. The van der Waals surface area contributed by atoms with Crippen molar-refractivity contribution in [2.24, 2.45) is 17.6 Å². The minimum atomic E-state index is -2.28. The predicted molar refractivity (Wildman–Crippen MR) is 218 cm³/mol. The number of hydrogen-bond donors (Lipinski definition) is 10. The van der Waals surface area contributed by atoms with Crippen LogP contribution in [-0.4, -0.2) is 134 Å². The van der Waals surface area contributed by atoms with Crippen molar-refractivity contribution in [3.8, 4) is 5.75 Å². The summed E-state index contributed by atoms with van der Waals surface area (Å²) in [5, 5.41) is 28.5. The smallest absolute Gasteiger partial charge is 0.246 e. The number of nitrogens with zero attached hydrogens (tertiary/aromatic N) is 1. The molecule has 9 atom stereocenters. The molecule has 0 radical (unpaired) electrons. The maximum atomic E-state index is 14.5. The SMILES string of the molecule is CC[C@H](C)[C@@H]1NC(=O)CNC(=O)[C@@H]2Cc3c([nH]c4cc(O)ccc34)S(=O)C[C@H](NC(=O)CNC1=O)C(=O)N[C@@H](CC(N)=O)C(=O)N1CCC[C@H]1C(=O)N[C@@H]([C@@H](C)CC)C(=O)N2. The molecule has 21 nitrogen and oxygen atoms in total. The number of phenols is 1. The topological polar surface area (TPSA) is 320 Å². The third-order valence-electron chi connectivity index (χ3n) is 11.4. The second kappa shape index (κ2) is 20.0. The lowest BCUT2D eigenvalue weighted by atomic mass is 9.96. The Morgan fingerprint density at radius 1 is 0.820 bits per heavy atom. The monoisotopic (exact) mass is 870 g/mol. The van der Waals surface area contributed by atoms with Crippen molar-refractivity contribution in [3.05, 3.63) is 23.8 Å². The van der Waals surface area contributed by atoms with E-state index in [2.05, 4.69) is 42.2 Å². The van der Waals surface area contributed by atoms with E-state index in [0.29, 0.717) is 24.6 Å². The molecule has 1 unspecified atom stereocenters. The molecule has 0 saturated carbocycles. The number of carbonyl (C=O) groups excluding carboxylic acids is 9. The standard InChI is InChI=1S/C39H54N10O11S/c1-5-18(3)31-36(57)42-15-29(52)43-26-17-61(60)38-22(21-10-9-20(50)12-23(21)46-38)13-24(33(54)41-16-30(53)47-31)44-37(58)32(19(4)6-2)48-35(56)27-8-7-11-49(27)39(59)25(14-28(40)51)45-34(26)55/h9-10,12,18-19,24-27,31-32,46,50H,5-8,11,13-17H2,1-4H3,(H2,40,51)(H,41,54)(H,42,57)(H,43,52)(H,44,58)(H,45,55)(H,47,53)(H,48,56)/t18-,19-,24-,25-,26-,27-,31-,32-,61?/m0/s1. The molecule has 11 N–H and O–H groups in total. The molecule has 3 aliphatic rings. The fourth-order valence-corrected chi connectivity index (χ4v) is 8.97. The van der Waals surface area contributed by atoms with Crippen molar-refractivity contribution in [2.75, 3.05) is 25.4 Å². The van der Waals surface area contributed by atoms with Gasteiger partial charge in [0.2, 0.25) is 53.2 Å². The van der Waals surface area contributed by atoms with Gasteiger partial charge in [0.25, 0.3) is 0 Å². The van der Waals surface area contributed by atoms with E-state index in [1.807, 2.05) is 0 Å². The average molecular weight is 871 g/mol. The molecule has 1 saturated heterocycles. The first kappa shape index (κ1) is 46.0. The van der Waals surface area contributed by atoms with E-state index in [9.17, 15) is 52.5 Å². The summed E-state index contributed by atoms with van der Waals surface area (Å²) in [5.41, 5.74) is 5.97. The van der Waals surface area contributed by atoms with E-state index >= 15 is 0 Å². The van der Waals surface area contributed by atoms with Crippen molar-refractivity contribution in [1.82, 2.24) is 47.1 Å². The van der Waals surface area contributed by atoms with E-state index < -0.39 is 137 Å². The number of aromatic hydroxyl groups is 1. The van der Waals surface area contributed by atoms with Gasteiger partial charge in [0.1, 0.15) is 47.0 Å². The van der Waals surface area contributed by atoms with Gasteiger partial charge < -0.3 is 57.9 Å². The molecule has 1 aromatic heterocycles. The highest BCUT2D eigenvalue weighted by atomic mass is 32.2. The zero-order valence-electron chi connectivity index (χ0n) is 34.4. The number of H-pyrrole nitrogens is 1. The van der Waals surface area contributed by atoms with Gasteiger partial charge in [-0.2, -0.15) is 0 Å². The summed E-state index contributed by atoms with van der Waals surface area (Å²) in [7, 11) is -2.28. The van der Waals surface area contributed by atoms with E-state index in [1.54, 1.807) is 27.7 Å². The van der Waals surface area contributed by atoms with Crippen LogP contribution in [0.1, 0.15) is 65.4 Å². The van der Waals surface area contributed by atoms with E-state index in [4.69, 9.17) is 5.73 Å². The highest BCUT2D eigenvalue weighted by molar-refractivity contribution is 7.85. The fraction of sp³-hybridized carbons (Fsp3) is 0.564. The van der Waals surface area contributed by atoms with E-state index in [-0.39, 0.29) is 41.2 Å². The van der Waals surface area contributed by atoms with Crippen LogP contribution in [0.3, 0.4) is 0 Å². The number of nitrogens with one attached hydrogen (secondary N) is 8. The summed E-state index contributed by atoms with van der Waals surface area (Å²) in [6, 6.07) is -4.28. The Kier molecular flexibility index (Phi) is 15.1. The predicted octanol–water partition coefficient (Wildman–Crippen LogP) is -2.83. The lowest BCUT2D eigenvalue weighted by Crippen LogP contribution is -2.61. The number of hydrogen-bond acceptors (Lipinski definition) is 11. The fourth-order valence-electron chi connectivity index (χ4n) is 7.58. The van der Waals surface area contributed by atoms with Crippen molar-refractivity contribution in [2.45, 2.75) is 107 Å². The first-order chi connectivity index (χ1) is 28.9. The second-order valence-corrected chi connectivity index (χ2v) is 17.2. The molecule has 5 rings (SSSR count). The van der Waals surface area contributed by atoms with Gasteiger partial charge in [0.05, 0.1) is 41.6 Å². The van der Waals surface area contributed by atoms with Crippen LogP contribution in [0.5, 0.6) is 5.75 Å². The summed E-state index contributed by atoms with van der Waals surface area (Å²) in [5.74, 6) is -9.55. The number of benzene rings is 1. The molecule has 9 amide bonds. The molecular formula is C39H54N10O11S. The average Bonchev–Trinajstić information content (AvgIpc) is 3.85. The molecule has 1 aromatic carbocycles. The Morgan fingerprint density at radius 3 is 2.11 bits per heavy atom. The van der Waals surface area contributed by atoms with Crippen molar-refractivity contribution >= 4 is 74.9 Å². The number of amides is 9. The molecule has 61 heavy (non-hydrogen) atoms. The van der Waals surface area contributed by atoms with Crippen LogP contribution in [0.4, 0.5) is 0 Å². The number of carbonyl (C=O) groups is 9. The summed E-state index contributed by atoms with van der Waals surface area (Å²) in [6.45, 7) is 5.63. The highest BCUT2D eigenvalue weighted by Gasteiger charge is 2.42. The maximum absolute atomic E-state index is 14.5. The lowest BCUT2D eigenvalue weighted by Gasteiger charge is -2.32. The lowest BCUT2D eigenvalue weighted by molar-refractivity contribution is -0.143. The van der Waals surface area contributed by atoms with Gasteiger partial charge in [-0.3, -0.25) is 47.4 Å². The minimum Gasteiger partial charge on any atom is -0.508 e. The zero-order valence-corrected chi connectivity index (χ0v) is 35.2. The number of phenolic OH excluding ortho intramolecular Hbond substituents is 1. The van der Waals surface area contributed by atoms with Gasteiger partial charge >= 0.3 is 0 Å². The molecule has 2 aromatic rings. The molecule has 22 heteroatoms. The van der Waals surface area contributed by atoms with Gasteiger partial charge in [0, 0.05) is 24.4 Å². The minimum absolute atomic E-state index is 0.0400. The number of aromatic amines is 1. The maximum Gasteiger partial charge on any atom is 0.246 e. The Balaban J connectivity index is 1.71. The Hall–Kier alpha value is -6.06. The van der Waals surface area contributed by atoms with Crippen LogP contribution in [0, 0.1) is 11.8 Å². The third kappa shape index (κ3) is 11.0. The highest BCUT2D eigenvalue weighted by Crippen LogP contribution is 2.30. The molecule has 1 fully saturated rings. The number of rotatable bonds is 6. The molecule has 332 valence electrons. The van der Waals surface area contributed by atoms with Crippen LogP contribution in [0.25, 0.3) is 10.9 Å². The third-order valence-corrected chi connectivity index (χ3v) is 12.8. The Morgan fingerprint density at radius 2 is 1.46 bits per heavy atom. The van der Waals surface area contributed by atoms with Gasteiger partial charge in [0.15, 0.2) is 0 Å². The largest absolute Gasteiger partial charge is 0.508 e. The summed E-state index contributed by atoms with van der Waals surface area (Å²) < 4.78 is 14.5. The van der Waals surface area contributed by atoms with Crippen molar-refractivity contribution in [3.63, 3.8) is 0 Å². The van der Waals surface area contributed by atoms with Gasteiger partial charge in [-0.15, -0.1) is 0 Å². The zero-order chi connectivity index (χ0) is 44.7. The van der Waals surface area contributed by atoms with Crippen molar-refractivity contribution in [1.29, 1.82) is 0 Å². The van der Waals surface area contributed by atoms with Crippen LogP contribution >= 0.6 is 0 Å². The van der Waals surface area contributed by atoms with Crippen LogP contribution in [0.2, 0.25) is 0 Å². The number of fused-ring (bicyclic) bond motifs is 5. The van der Waals surface area contributed by atoms with Crippen molar-refractivity contribution < 1.29 is 52.5 Å². The number of primary amides is 1. The van der Waals surface area contributed by atoms with Crippen LogP contribution < -0.4 is 43.0 Å². The van der Waals surface area contributed by atoms with Gasteiger partial charge in [-0.1, -0.05) is 40.5 Å².